The monoisotopic (exact) mass is 508 g/mol. The van der Waals surface area contributed by atoms with E-state index in [-0.39, 0.29) is 5.91 Å². The van der Waals surface area contributed by atoms with Gasteiger partial charge >= 0.3 is 0 Å². The van der Waals surface area contributed by atoms with E-state index in [1.807, 2.05) is 4.90 Å². The number of piperazine rings is 2. The van der Waals surface area contributed by atoms with Gasteiger partial charge in [0, 0.05) is 57.9 Å². The summed E-state index contributed by atoms with van der Waals surface area (Å²) >= 11 is 0. The third-order valence-corrected chi connectivity index (χ3v) is 7.57. The van der Waals surface area contributed by atoms with Gasteiger partial charge in [0.25, 0.3) is 0 Å². The Balaban J connectivity index is 0.000000568. The highest BCUT2D eigenvalue weighted by atomic mass is 16.2. The van der Waals surface area contributed by atoms with Gasteiger partial charge in [-0.1, -0.05) is 64.7 Å². The van der Waals surface area contributed by atoms with E-state index in [1.165, 1.54) is 42.4 Å². The Labute approximate surface area is 224 Å². The molecule has 1 aromatic heterocycles. The summed E-state index contributed by atoms with van der Waals surface area (Å²) in [6.45, 7) is 19.7. The Bertz CT molecular complexity index is 923. The third-order valence-electron chi connectivity index (χ3n) is 7.57. The summed E-state index contributed by atoms with van der Waals surface area (Å²) < 4.78 is 0. The van der Waals surface area contributed by atoms with Gasteiger partial charge in [0.2, 0.25) is 5.91 Å². The van der Waals surface area contributed by atoms with Crippen molar-refractivity contribution < 1.29 is 4.79 Å². The molecule has 3 heterocycles. The Morgan fingerprint density at radius 3 is 1.86 bits per heavy atom. The first kappa shape index (κ1) is 29.1. The van der Waals surface area contributed by atoms with E-state index in [0.29, 0.717) is 6.54 Å². The van der Waals surface area contributed by atoms with E-state index in [0.717, 1.165) is 70.4 Å². The van der Waals surface area contributed by atoms with Crippen molar-refractivity contribution in [2.24, 2.45) is 0 Å². The molecule has 7 nitrogen and oxygen atoms in total. The normalized spacial score (nSPS) is 16.9. The largest absolute Gasteiger partial charge is 0.353 e. The summed E-state index contributed by atoms with van der Waals surface area (Å²) in [4.78, 5) is 21.6. The van der Waals surface area contributed by atoms with Crippen molar-refractivity contribution in [1.82, 2.24) is 24.9 Å². The predicted molar refractivity (Wildman–Crippen MR) is 154 cm³/mol. The van der Waals surface area contributed by atoms with Crippen molar-refractivity contribution in [2.45, 2.75) is 60.3 Å². The van der Waals surface area contributed by atoms with Crippen LogP contribution in [-0.4, -0.2) is 96.3 Å². The Hall–Kier alpha value is -2.51. The number of unbranched alkanes of at least 4 members (excludes halogenated alkanes) is 3. The number of likely N-dealkylation sites (N-methyl/N-ethyl adjacent to an activating group) is 1. The number of aryl methyl sites for hydroxylation is 2. The number of benzene rings is 1. The second-order valence-corrected chi connectivity index (χ2v) is 10.3. The highest BCUT2D eigenvalue weighted by Crippen LogP contribution is 2.26. The molecule has 37 heavy (non-hydrogen) atoms. The smallest absolute Gasteiger partial charge is 0.236 e. The van der Waals surface area contributed by atoms with Crippen molar-refractivity contribution in [3.05, 3.63) is 41.5 Å². The lowest BCUT2D eigenvalue weighted by Gasteiger charge is -2.38. The summed E-state index contributed by atoms with van der Waals surface area (Å²) in [6, 6.07) is 10.4. The second-order valence-electron chi connectivity index (χ2n) is 10.3. The van der Waals surface area contributed by atoms with Crippen molar-refractivity contribution >= 4 is 11.7 Å². The van der Waals surface area contributed by atoms with Crippen LogP contribution in [0.5, 0.6) is 0 Å². The Kier molecular flexibility index (Phi) is 11.8. The Morgan fingerprint density at radius 2 is 1.35 bits per heavy atom. The summed E-state index contributed by atoms with van der Waals surface area (Å²) in [5.74, 6) is 1.18. The molecule has 7 heteroatoms. The number of anilines is 1. The molecule has 2 saturated heterocycles. The van der Waals surface area contributed by atoms with Crippen molar-refractivity contribution in [3.63, 3.8) is 0 Å². The average molecular weight is 509 g/mol. The molecule has 0 atom stereocenters. The molecule has 0 aliphatic carbocycles. The van der Waals surface area contributed by atoms with E-state index in [9.17, 15) is 4.79 Å². The SMILES string of the molecule is CCCCCC.CCN1CCN(C(=O)CN2CCN(c3ccc(-c4c(C)cccc4C)nn3)CC2)CC1. The first-order valence-electron chi connectivity index (χ1n) is 14.3. The van der Waals surface area contributed by atoms with Gasteiger partial charge < -0.3 is 14.7 Å². The van der Waals surface area contributed by atoms with E-state index in [4.69, 9.17) is 0 Å². The van der Waals surface area contributed by atoms with Crippen LogP contribution in [0.2, 0.25) is 0 Å². The summed E-state index contributed by atoms with van der Waals surface area (Å²) in [5.41, 5.74) is 4.53. The van der Waals surface area contributed by atoms with Gasteiger partial charge in [-0.05, 0) is 43.7 Å². The molecule has 2 aliphatic heterocycles. The first-order valence-corrected chi connectivity index (χ1v) is 14.3. The van der Waals surface area contributed by atoms with Gasteiger partial charge in [-0.25, -0.2) is 0 Å². The molecule has 2 aromatic rings. The molecule has 0 bridgehead atoms. The van der Waals surface area contributed by atoms with Gasteiger partial charge in [0.15, 0.2) is 5.82 Å². The number of nitrogens with zero attached hydrogens (tertiary/aromatic N) is 6. The molecule has 2 aliphatic rings. The number of hydrogen-bond donors (Lipinski definition) is 0. The summed E-state index contributed by atoms with van der Waals surface area (Å²) in [6.07, 6.45) is 5.54. The number of carbonyl (C=O) groups excluding carboxylic acids is 1. The van der Waals surface area contributed by atoms with E-state index >= 15 is 0 Å². The van der Waals surface area contributed by atoms with Crippen molar-refractivity contribution in [1.29, 1.82) is 0 Å². The zero-order valence-electron chi connectivity index (χ0n) is 23.9. The lowest BCUT2D eigenvalue weighted by Crippen LogP contribution is -2.53. The van der Waals surface area contributed by atoms with Crippen LogP contribution >= 0.6 is 0 Å². The zero-order valence-corrected chi connectivity index (χ0v) is 23.9. The number of aromatic nitrogens is 2. The van der Waals surface area contributed by atoms with Gasteiger partial charge in [-0.15, -0.1) is 10.2 Å². The molecule has 4 rings (SSSR count). The Morgan fingerprint density at radius 1 is 0.757 bits per heavy atom. The van der Waals surface area contributed by atoms with Crippen LogP contribution in [0.3, 0.4) is 0 Å². The standard InChI is InChI=1S/C24H34N6O.C6H14/c1-4-27-10-16-30(17-11-27)23(31)18-28-12-14-29(15-13-28)22-9-8-21(25-26-22)24-19(2)6-5-7-20(24)3;1-3-5-6-4-2/h5-9H,4,10-18H2,1-3H3;3-6H2,1-2H3. The number of amides is 1. The molecular weight excluding hydrogens is 460 g/mol. The molecule has 0 radical (unpaired) electrons. The minimum Gasteiger partial charge on any atom is -0.353 e. The van der Waals surface area contributed by atoms with E-state index in [2.05, 4.69) is 89.8 Å². The van der Waals surface area contributed by atoms with Gasteiger partial charge in [-0.3, -0.25) is 9.69 Å². The first-order chi connectivity index (χ1) is 18.0. The van der Waals surface area contributed by atoms with Crippen LogP contribution in [0.1, 0.15) is 57.6 Å². The molecule has 1 aromatic carbocycles. The molecule has 204 valence electrons. The van der Waals surface area contributed by atoms with Crippen LogP contribution in [0.15, 0.2) is 30.3 Å². The topological polar surface area (TPSA) is 55.8 Å². The predicted octanol–water partition coefficient (Wildman–Crippen LogP) is 4.63. The fourth-order valence-electron chi connectivity index (χ4n) is 5.09. The van der Waals surface area contributed by atoms with Crippen LogP contribution in [-0.2, 0) is 4.79 Å². The van der Waals surface area contributed by atoms with Gasteiger partial charge in [0.1, 0.15) is 0 Å². The zero-order chi connectivity index (χ0) is 26.6. The van der Waals surface area contributed by atoms with E-state index in [1.54, 1.807) is 0 Å². The van der Waals surface area contributed by atoms with Crippen LogP contribution in [0.4, 0.5) is 5.82 Å². The lowest BCUT2D eigenvalue weighted by atomic mass is 10.00. The molecule has 0 spiro atoms. The minimum atomic E-state index is 0.266. The summed E-state index contributed by atoms with van der Waals surface area (Å²) in [7, 11) is 0. The maximum atomic E-state index is 12.7. The van der Waals surface area contributed by atoms with Crippen LogP contribution in [0.25, 0.3) is 11.3 Å². The molecule has 0 unspecified atom stereocenters. The average Bonchev–Trinajstić information content (AvgIpc) is 2.93. The van der Waals surface area contributed by atoms with Gasteiger partial charge in [-0.2, -0.15) is 0 Å². The molecule has 0 saturated carbocycles. The van der Waals surface area contributed by atoms with Crippen molar-refractivity contribution in [2.75, 3.05) is 70.3 Å². The fourth-order valence-corrected chi connectivity index (χ4v) is 5.09. The van der Waals surface area contributed by atoms with Crippen LogP contribution in [0, 0.1) is 13.8 Å². The maximum Gasteiger partial charge on any atom is 0.236 e. The second kappa shape index (κ2) is 15.0. The van der Waals surface area contributed by atoms with E-state index < -0.39 is 0 Å². The summed E-state index contributed by atoms with van der Waals surface area (Å²) in [5, 5.41) is 9.03. The lowest BCUT2D eigenvalue weighted by molar-refractivity contribution is -0.134. The highest BCUT2D eigenvalue weighted by Gasteiger charge is 2.25. The van der Waals surface area contributed by atoms with Crippen molar-refractivity contribution in [3.8, 4) is 11.3 Å². The molecule has 0 N–H and O–H groups in total. The molecular formula is C30H48N6O. The fraction of sp³-hybridized carbons (Fsp3) is 0.633. The minimum absolute atomic E-state index is 0.266. The van der Waals surface area contributed by atoms with Gasteiger partial charge in [0.05, 0.1) is 12.2 Å². The number of hydrogen-bond acceptors (Lipinski definition) is 6. The molecule has 1 amide bonds. The number of rotatable bonds is 8. The maximum absolute atomic E-state index is 12.7. The molecule has 2 fully saturated rings. The highest BCUT2D eigenvalue weighted by molar-refractivity contribution is 5.78. The quantitative estimate of drug-likeness (QED) is 0.485. The van der Waals surface area contributed by atoms with Crippen LogP contribution < -0.4 is 4.90 Å². The third kappa shape index (κ3) is 8.50. The number of carbonyl (C=O) groups is 1.